The Morgan fingerprint density at radius 1 is 1.46 bits per heavy atom. The number of likely N-dealkylation sites (tertiary alicyclic amines) is 1. The number of esters is 1. The van der Waals surface area contributed by atoms with Gasteiger partial charge in [-0.2, -0.15) is 0 Å². The fourth-order valence-corrected chi connectivity index (χ4v) is 4.11. The highest BCUT2D eigenvalue weighted by atomic mass is 32.1. The van der Waals surface area contributed by atoms with Crippen LogP contribution in [0.25, 0.3) is 0 Å². The Bertz CT molecular complexity index is 818. The van der Waals surface area contributed by atoms with Gasteiger partial charge >= 0.3 is 5.97 Å². The van der Waals surface area contributed by atoms with E-state index in [1.54, 1.807) is 0 Å². The molecule has 0 amide bonds. The Morgan fingerprint density at radius 2 is 2.27 bits per heavy atom. The quantitative estimate of drug-likeness (QED) is 0.593. The molecule has 1 N–H and O–H groups in total. The van der Waals surface area contributed by atoms with E-state index in [0.717, 1.165) is 39.7 Å². The summed E-state index contributed by atoms with van der Waals surface area (Å²) in [6.07, 6.45) is 1.87. The van der Waals surface area contributed by atoms with Crippen molar-refractivity contribution >= 4 is 40.3 Å². The van der Waals surface area contributed by atoms with Crippen molar-refractivity contribution in [2.75, 3.05) is 25.0 Å². The standard InChI is InChI=1S/C18H24N4O2S2/c1-3-24-16(23)14-8-6-10-21(11-14)12-22-18(25)26-17(20-22)19-15-9-5-4-7-13(15)2/h4-5,7,9,14H,3,6,8,10-12H2,1-2H3,(H,19,20)/t14-/m0/s1. The highest BCUT2D eigenvalue weighted by Crippen LogP contribution is 2.24. The zero-order valence-corrected chi connectivity index (χ0v) is 16.7. The number of anilines is 2. The maximum absolute atomic E-state index is 12.0. The van der Waals surface area contributed by atoms with Gasteiger partial charge in [-0.3, -0.25) is 9.69 Å². The molecule has 0 radical (unpaired) electrons. The Morgan fingerprint density at radius 3 is 3.04 bits per heavy atom. The number of rotatable bonds is 6. The minimum Gasteiger partial charge on any atom is -0.466 e. The number of carbonyl (C=O) groups is 1. The second kappa shape index (κ2) is 8.75. The molecule has 2 heterocycles. The van der Waals surface area contributed by atoms with Crippen LogP contribution in [0, 0.1) is 16.8 Å². The first-order valence-corrected chi connectivity index (χ1v) is 10.1. The van der Waals surface area contributed by atoms with E-state index in [0.29, 0.717) is 19.8 Å². The van der Waals surface area contributed by atoms with Crippen LogP contribution < -0.4 is 5.32 Å². The molecule has 6 nitrogen and oxygen atoms in total. The van der Waals surface area contributed by atoms with Gasteiger partial charge in [-0.1, -0.05) is 29.5 Å². The van der Waals surface area contributed by atoms with Crippen molar-refractivity contribution in [3.63, 3.8) is 0 Å². The predicted molar refractivity (Wildman–Crippen MR) is 106 cm³/mol. The predicted octanol–water partition coefficient (Wildman–Crippen LogP) is 3.96. The highest BCUT2D eigenvalue weighted by Gasteiger charge is 2.27. The third-order valence-electron chi connectivity index (χ3n) is 4.45. The Kier molecular flexibility index (Phi) is 6.39. The summed E-state index contributed by atoms with van der Waals surface area (Å²) in [7, 11) is 0. The average molecular weight is 393 g/mol. The van der Waals surface area contributed by atoms with Crippen LogP contribution in [0.3, 0.4) is 0 Å². The number of aromatic nitrogens is 2. The van der Waals surface area contributed by atoms with Gasteiger partial charge in [0.1, 0.15) is 0 Å². The summed E-state index contributed by atoms with van der Waals surface area (Å²) in [5.74, 6) is -0.151. The van der Waals surface area contributed by atoms with Crippen LogP contribution >= 0.6 is 23.6 Å². The molecule has 1 aromatic carbocycles. The largest absolute Gasteiger partial charge is 0.466 e. The number of benzene rings is 1. The van der Waals surface area contributed by atoms with E-state index in [1.165, 1.54) is 11.3 Å². The van der Waals surface area contributed by atoms with Crippen LogP contribution in [-0.2, 0) is 16.2 Å². The fourth-order valence-electron chi connectivity index (χ4n) is 3.10. The van der Waals surface area contributed by atoms with Crippen molar-refractivity contribution in [1.29, 1.82) is 0 Å². The lowest BCUT2D eigenvalue weighted by atomic mass is 9.99. The number of nitrogens with zero attached hydrogens (tertiary/aromatic N) is 3. The van der Waals surface area contributed by atoms with Crippen LogP contribution in [0.4, 0.5) is 10.8 Å². The molecule has 26 heavy (non-hydrogen) atoms. The Balaban J connectivity index is 1.65. The SMILES string of the molecule is CCOC(=O)[C@H]1CCCN(Cn2nc(Nc3ccccc3C)sc2=S)C1. The van der Waals surface area contributed by atoms with E-state index in [9.17, 15) is 4.79 Å². The van der Waals surface area contributed by atoms with Gasteiger partial charge in [-0.15, -0.1) is 5.10 Å². The number of para-hydroxylation sites is 1. The molecule has 1 aromatic heterocycles. The number of ether oxygens (including phenoxy) is 1. The molecule has 0 bridgehead atoms. The smallest absolute Gasteiger partial charge is 0.310 e. The molecule has 140 valence electrons. The van der Waals surface area contributed by atoms with Gasteiger partial charge < -0.3 is 10.1 Å². The number of piperidine rings is 1. The van der Waals surface area contributed by atoms with Gasteiger partial charge in [-0.05, 0) is 57.1 Å². The zero-order valence-electron chi connectivity index (χ0n) is 15.1. The normalized spacial score (nSPS) is 17.8. The lowest BCUT2D eigenvalue weighted by molar-refractivity contribution is -0.150. The first-order chi connectivity index (χ1) is 12.6. The molecule has 2 aromatic rings. The number of hydrogen-bond donors (Lipinski definition) is 1. The van der Waals surface area contributed by atoms with Crippen LogP contribution in [0.2, 0.25) is 0 Å². The third kappa shape index (κ3) is 4.69. The van der Waals surface area contributed by atoms with E-state index < -0.39 is 0 Å². The molecular formula is C18H24N4O2S2. The first kappa shape index (κ1) is 19.0. The summed E-state index contributed by atoms with van der Waals surface area (Å²) in [6.45, 7) is 6.56. The first-order valence-electron chi connectivity index (χ1n) is 8.86. The number of hydrogen-bond acceptors (Lipinski definition) is 7. The molecule has 1 fully saturated rings. The lowest BCUT2D eigenvalue weighted by Crippen LogP contribution is -2.40. The summed E-state index contributed by atoms with van der Waals surface area (Å²) in [6, 6.07) is 8.09. The maximum Gasteiger partial charge on any atom is 0.310 e. The van der Waals surface area contributed by atoms with Crippen molar-refractivity contribution in [2.45, 2.75) is 33.4 Å². The molecule has 1 aliphatic rings. The van der Waals surface area contributed by atoms with Crippen LogP contribution in [0.15, 0.2) is 24.3 Å². The maximum atomic E-state index is 12.0. The van der Waals surface area contributed by atoms with E-state index in [1.807, 2.05) is 29.8 Å². The lowest BCUT2D eigenvalue weighted by Gasteiger charge is -2.31. The van der Waals surface area contributed by atoms with Gasteiger partial charge in [-0.25, -0.2) is 4.68 Å². The second-order valence-electron chi connectivity index (χ2n) is 6.42. The number of nitrogens with one attached hydrogen (secondary N) is 1. The number of carbonyl (C=O) groups excluding carboxylic acids is 1. The summed E-state index contributed by atoms with van der Waals surface area (Å²) >= 11 is 6.93. The molecule has 1 saturated heterocycles. The minimum atomic E-state index is -0.0963. The molecular weight excluding hydrogens is 368 g/mol. The van der Waals surface area contributed by atoms with Gasteiger partial charge in [0.15, 0.2) is 3.95 Å². The second-order valence-corrected chi connectivity index (χ2v) is 8.04. The van der Waals surface area contributed by atoms with Crippen LogP contribution in [-0.4, -0.2) is 40.3 Å². The average Bonchev–Trinajstić information content (AvgIpc) is 2.96. The van der Waals surface area contributed by atoms with Crippen molar-refractivity contribution in [3.8, 4) is 0 Å². The molecule has 3 rings (SSSR count). The minimum absolute atomic E-state index is 0.0546. The molecule has 0 aliphatic carbocycles. The summed E-state index contributed by atoms with van der Waals surface area (Å²) in [5, 5.41) is 8.73. The molecule has 8 heteroatoms. The number of aryl methyl sites for hydroxylation is 1. The summed E-state index contributed by atoms with van der Waals surface area (Å²) in [4.78, 5) is 14.2. The third-order valence-corrected chi connectivity index (χ3v) is 5.68. The summed E-state index contributed by atoms with van der Waals surface area (Å²) in [5.41, 5.74) is 2.19. The summed E-state index contributed by atoms with van der Waals surface area (Å²) < 4.78 is 7.72. The van der Waals surface area contributed by atoms with Gasteiger partial charge in [0, 0.05) is 12.2 Å². The van der Waals surface area contributed by atoms with Crippen molar-refractivity contribution < 1.29 is 9.53 Å². The molecule has 0 unspecified atom stereocenters. The Labute approximate surface area is 162 Å². The molecule has 1 atom stereocenters. The van der Waals surface area contributed by atoms with Crippen molar-refractivity contribution in [1.82, 2.24) is 14.7 Å². The molecule has 0 saturated carbocycles. The van der Waals surface area contributed by atoms with Crippen LogP contribution in [0.5, 0.6) is 0 Å². The molecule has 1 aliphatic heterocycles. The van der Waals surface area contributed by atoms with Crippen molar-refractivity contribution in [3.05, 3.63) is 33.8 Å². The Hall–Kier alpha value is -1.77. The topological polar surface area (TPSA) is 59.4 Å². The molecule has 0 spiro atoms. The van der Waals surface area contributed by atoms with E-state index >= 15 is 0 Å². The van der Waals surface area contributed by atoms with Gasteiger partial charge in [0.2, 0.25) is 5.13 Å². The van der Waals surface area contributed by atoms with Crippen molar-refractivity contribution in [2.24, 2.45) is 5.92 Å². The van der Waals surface area contributed by atoms with Crippen LogP contribution in [0.1, 0.15) is 25.3 Å². The van der Waals surface area contributed by atoms with Gasteiger partial charge in [0.25, 0.3) is 0 Å². The monoisotopic (exact) mass is 392 g/mol. The van der Waals surface area contributed by atoms with Gasteiger partial charge in [0.05, 0.1) is 19.2 Å². The highest BCUT2D eigenvalue weighted by molar-refractivity contribution is 7.73. The van der Waals surface area contributed by atoms with E-state index in [2.05, 4.69) is 28.3 Å². The van der Waals surface area contributed by atoms with E-state index in [4.69, 9.17) is 17.0 Å². The zero-order chi connectivity index (χ0) is 18.5. The fraction of sp³-hybridized carbons (Fsp3) is 0.500. The van der Waals surface area contributed by atoms with E-state index in [-0.39, 0.29) is 11.9 Å².